The Hall–Kier alpha value is -1.14. The smallest absolute Gasteiger partial charge is 0.397 e. The highest BCUT2D eigenvalue weighted by atomic mass is 35.5. The fourth-order valence-corrected chi connectivity index (χ4v) is 2.13. The molecule has 1 aromatic rings. The Morgan fingerprint density at radius 1 is 1.33 bits per heavy atom. The van der Waals surface area contributed by atoms with E-state index in [4.69, 9.17) is 28.9 Å². The summed E-state index contributed by atoms with van der Waals surface area (Å²) in [4.78, 5) is 13.0. The average Bonchev–Trinajstić information content (AvgIpc) is 2.31. The van der Waals surface area contributed by atoms with Crippen molar-refractivity contribution in [1.29, 1.82) is 0 Å². The highest BCUT2D eigenvalue weighted by molar-refractivity contribution is 6.43. The molecule has 1 rings (SSSR count). The standard InChI is InChI=1S/C13H15Cl2F3N2O/c1-7(2)5-20(6-13(16,17)18)12(21)8-3-9(14)11(15)10(19)4-8/h3-4,7H,5-6,19H2,1-2H3. The average molecular weight is 343 g/mol. The monoisotopic (exact) mass is 342 g/mol. The van der Waals surface area contributed by atoms with Gasteiger partial charge in [0, 0.05) is 12.1 Å². The fourth-order valence-electron chi connectivity index (χ4n) is 1.79. The van der Waals surface area contributed by atoms with Crippen molar-refractivity contribution < 1.29 is 18.0 Å². The van der Waals surface area contributed by atoms with Gasteiger partial charge in [0.1, 0.15) is 6.54 Å². The molecule has 0 spiro atoms. The SMILES string of the molecule is CC(C)CN(CC(F)(F)F)C(=O)c1cc(N)c(Cl)c(Cl)c1. The minimum absolute atomic E-state index is 0.0215. The summed E-state index contributed by atoms with van der Waals surface area (Å²) in [7, 11) is 0. The summed E-state index contributed by atoms with van der Waals surface area (Å²) in [5.41, 5.74) is 5.60. The van der Waals surface area contributed by atoms with Gasteiger partial charge in [-0.25, -0.2) is 0 Å². The van der Waals surface area contributed by atoms with E-state index in [1.165, 1.54) is 12.1 Å². The second-order valence-corrected chi connectivity index (χ2v) is 5.84. The molecule has 8 heteroatoms. The lowest BCUT2D eigenvalue weighted by molar-refractivity contribution is -0.141. The van der Waals surface area contributed by atoms with Crippen molar-refractivity contribution in [3.8, 4) is 0 Å². The van der Waals surface area contributed by atoms with Crippen LogP contribution in [0, 0.1) is 5.92 Å². The van der Waals surface area contributed by atoms with E-state index in [0.717, 1.165) is 4.90 Å². The first-order chi connectivity index (χ1) is 9.51. The molecule has 0 aromatic heterocycles. The van der Waals surface area contributed by atoms with Crippen molar-refractivity contribution in [3.05, 3.63) is 27.7 Å². The van der Waals surface area contributed by atoms with Crippen molar-refractivity contribution in [2.45, 2.75) is 20.0 Å². The zero-order valence-electron chi connectivity index (χ0n) is 11.5. The number of benzene rings is 1. The second-order valence-electron chi connectivity index (χ2n) is 5.06. The van der Waals surface area contributed by atoms with Gasteiger partial charge < -0.3 is 10.6 Å². The van der Waals surface area contributed by atoms with Crippen LogP contribution in [0.15, 0.2) is 12.1 Å². The highest BCUT2D eigenvalue weighted by Gasteiger charge is 2.33. The van der Waals surface area contributed by atoms with E-state index in [0.29, 0.717) is 0 Å². The fraction of sp³-hybridized carbons (Fsp3) is 0.462. The van der Waals surface area contributed by atoms with Crippen molar-refractivity contribution in [2.75, 3.05) is 18.8 Å². The van der Waals surface area contributed by atoms with Gasteiger partial charge in [-0.05, 0) is 18.1 Å². The lowest BCUT2D eigenvalue weighted by atomic mass is 10.1. The summed E-state index contributed by atoms with van der Waals surface area (Å²) in [6.45, 7) is 2.09. The normalized spacial score (nSPS) is 11.8. The van der Waals surface area contributed by atoms with Crippen LogP contribution in [0.1, 0.15) is 24.2 Å². The minimum Gasteiger partial charge on any atom is -0.397 e. The van der Waals surface area contributed by atoms with Gasteiger partial charge >= 0.3 is 6.18 Å². The van der Waals surface area contributed by atoms with Gasteiger partial charge in [-0.1, -0.05) is 37.0 Å². The van der Waals surface area contributed by atoms with Crippen LogP contribution in [0.2, 0.25) is 10.0 Å². The summed E-state index contributed by atoms with van der Waals surface area (Å²) in [6, 6.07) is 2.44. The maximum atomic E-state index is 12.6. The van der Waals surface area contributed by atoms with Crippen molar-refractivity contribution in [1.82, 2.24) is 4.90 Å². The molecular formula is C13H15Cl2F3N2O. The number of nitrogens with two attached hydrogens (primary N) is 1. The minimum atomic E-state index is -4.48. The van der Waals surface area contributed by atoms with Gasteiger partial charge in [0.2, 0.25) is 0 Å². The number of nitrogen functional groups attached to an aromatic ring is 1. The van der Waals surface area contributed by atoms with Gasteiger partial charge in [0.25, 0.3) is 5.91 Å². The summed E-state index contributed by atoms with van der Waals surface area (Å²) in [5, 5.41) is 0.0935. The van der Waals surface area contributed by atoms with E-state index in [-0.39, 0.29) is 33.8 Å². The number of nitrogens with zero attached hydrogens (tertiary/aromatic N) is 1. The lowest BCUT2D eigenvalue weighted by Gasteiger charge is -2.26. The molecule has 1 amide bonds. The van der Waals surface area contributed by atoms with Crippen LogP contribution >= 0.6 is 23.2 Å². The van der Waals surface area contributed by atoms with Crippen molar-refractivity contribution >= 4 is 34.8 Å². The summed E-state index contributed by atoms with van der Waals surface area (Å²) in [6.07, 6.45) is -4.48. The number of halogens is 5. The van der Waals surface area contributed by atoms with Crippen LogP contribution in [0.5, 0.6) is 0 Å². The molecule has 0 saturated heterocycles. The molecule has 0 aliphatic carbocycles. The van der Waals surface area contributed by atoms with E-state index in [2.05, 4.69) is 0 Å². The maximum absolute atomic E-state index is 12.6. The topological polar surface area (TPSA) is 46.3 Å². The van der Waals surface area contributed by atoms with Crippen LogP contribution in [0.3, 0.4) is 0 Å². The second kappa shape index (κ2) is 6.75. The summed E-state index contributed by atoms with van der Waals surface area (Å²) in [5.74, 6) is -0.900. The van der Waals surface area contributed by atoms with Gasteiger partial charge in [0.05, 0.1) is 15.7 Å². The van der Waals surface area contributed by atoms with E-state index in [1.807, 2.05) is 0 Å². The molecule has 0 unspecified atom stereocenters. The Morgan fingerprint density at radius 3 is 2.33 bits per heavy atom. The first-order valence-electron chi connectivity index (χ1n) is 6.11. The molecule has 0 saturated carbocycles. The van der Waals surface area contributed by atoms with Gasteiger partial charge in [-0.3, -0.25) is 4.79 Å². The molecule has 0 fully saturated rings. The number of anilines is 1. The lowest BCUT2D eigenvalue weighted by Crippen LogP contribution is -2.41. The molecule has 0 bridgehead atoms. The number of rotatable bonds is 4. The van der Waals surface area contributed by atoms with Crippen LogP contribution in [-0.4, -0.2) is 30.1 Å². The molecular weight excluding hydrogens is 328 g/mol. The van der Waals surface area contributed by atoms with Crippen LogP contribution in [-0.2, 0) is 0 Å². The molecule has 0 aliphatic rings. The number of carbonyl (C=O) groups is 1. The number of alkyl halides is 3. The summed E-state index contributed by atoms with van der Waals surface area (Å²) < 4.78 is 37.8. The third-order valence-electron chi connectivity index (χ3n) is 2.55. The highest BCUT2D eigenvalue weighted by Crippen LogP contribution is 2.30. The molecule has 3 nitrogen and oxygen atoms in total. The van der Waals surface area contributed by atoms with E-state index >= 15 is 0 Å². The third-order valence-corrected chi connectivity index (χ3v) is 3.36. The molecule has 2 N–H and O–H groups in total. The van der Waals surface area contributed by atoms with E-state index in [1.54, 1.807) is 13.8 Å². The summed E-state index contributed by atoms with van der Waals surface area (Å²) >= 11 is 11.6. The number of hydrogen-bond donors (Lipinski definition) is 1. The zero-order chi connectivity index (χ0) is 16.4. The van der Waals surface area contributed by atoms with Crippen LogP contribution in [0.25, 0.3) is 0 Å². The molecule has 1 aromatic carbocycles. The number of hydrogen-bond acceptors (Lipinski definition) is 2. The number of carbonyl (C=O) groups excluding carboxylic acids is 1. The Kier molecular flexibility index (Phi) is 5.75. The van der Waals surface area contributed by atoms with Gasteiger partial charge in [-0.2, -0.15) is 13.2 Å². The first kappa shape index (κ1) is 17.9. The van der Waals surface area contributed by atoms with E-state index in [9.17, 15) is 18.0 Å². The van der Waals surface area contributed by atoms with Crippen molar-refractivity contribution in [2.24, 2.45) is 5.92 Å². The molecule has 118 valence electrons. The van der Waals surface area contributed by atoms with Crippen LogP contribution < -0.4 is 5.73 Å². The van der Waals surface area contributed by atoms with Gasteiger partial charge in [-0.15, -0.1) is 0 Å². The van der Waals surface area contributed by atoms with Crippen LogP contribution in [0.4, 0.5) is 18.9 Å². The third kappa shape index (κ3) is 5.28. The molecule has 0 atom stereocenters. The van der Waals surface area contributed by atoms with Gasteiger partial charge in [0.15, 0.2) is 0 Å². The molecule has 0 heterocycles. The Labute approximate surface area is 130 Å². The molecule has 21 heavy (non-hydrogen) atoms. The zero-order valence-corrected chi connectivity index (χ0v) is 13.0. The predicted molar refractivity (Wildman–Crippen MR) is 77.7 cm³/mol. The molecule has 0 aliphatic heterocycles. The first-order valence-corrected chi connectivity index (χ1v) is 6.87. The predicted octanol–water partition coefficient (Wildman–Crippen LogP) is 4.24. The number of amides is 1. The Morgan fingerprint density at radius 2 is 1.90 bits per heavy atom. The molecule has 0 radical (unpaired) electrons. The van der Waals surface area contributed by atoms with E-state index < -0.39 is 18.6 Å². The Bertz CT molecular complexity index is 510. The maximum Gasteiger partial charge on any atom is 0.406 e. The Balaban J connectivity index is 3.10. The quantitative estimate of drug-likeness (QED) is 0.832. The largest absolute Gasteiger partial charge is 0.406 e. The van der Waals surface area contributed by atoms with Crippen molar-refractivity contribution in [3.63, 3.8) is 0 Å².